The third kappa shape index (κ3) is 5.38. The fourth-order valence-electron chi connectivity index (χ4n) is 1.85. The van der Waals surface area contributed by atoms with Gasteiger partial charge in [-0.15, -0.1) is 0 Å². The molecule has 0 saturated carbocycles. The topological polar surface area (TPSA) is 21.3 Å². The van der Waals surface area contributed by atoms with Crippen molar-refractivity contribution >= 4 is 11.6 Å². The standard InChI is InChI=1S/C15H24ClNO/c1-3-5-8-11-18-15(12-17-4-2)13-9-6-7-10-14(13)16/h6-7,9-10,15,17H,3-5,8,11-12H2,1-2H3. The Morgan fingerprint density at radius 1 is 1.22 bits per heavy atom. The molecule has 1 atom stereocenters. The summed E-state index contributed by atoms with van der Waals surface area (Å²) in [7, 11) is 0. The first-order chi connectivity index (χ1) is 8.79. The second-order valence-corrected chi connectivity index (χ2v) is 4.80. The molecule has 0 heterocycles. The minimum absolute atomic E-state index is 0.0514. The van der Waals surface area contributed by atoms with Crippen LogP contribution in [0.2, 0.25) is 5.02 Å². The van der Waals surface area contributed by atoms with E-state index in [2.05, 4.69) is 19.2 Å². The fourth-order valence-corrected chi connectivity index (χ4v) is 2.11. The number of halogens is 1. The van der Waals surface area contributed by atoms with Gasteiger partial charge in [0.1, 0.15) is 0 Å². The van der Waals surface area contributed by atoms with E-state index in [1.807, 2.05) is 24.3 Å². The van der Waals surface area contributed by atoms with E-state index in [1.54, 1.807) is 0 Å². The molecule has 1 rings (SSSR count). The largest absolute Gasteiger partial charge is 0.372 e. The van der Waals surface area contributed by atoms with E-state index in [9.17, 15) is 0 Å². The second kappa shape index (κ2) is 9.37. The Morgan fingerprint density at radius 2 is 2.00 bits per heavy atom. The molecule has 0 saturated heterocycles. The van der Waals surface area contributed by atoms with Crippen molar-refractivity contribution in [3.8, 4) is 0 Å². The number of hydrogen-bond acceptors (Lipinski definition) is 2. The predicted octanol–water partition coefficient (Wildman–Crippen LogP) is 4.20. The number of nitrogens with one attached hydrogen (secondary N) is 1. The molecule has 18 heavy (non-hydrogen) atoms. The molecule has 0 amide bonds. The summed E-state index contributed by atoms with van der Waals surface area (Å²) in [5, 5.41) is 4.12. The zero-order chi connectivity index (χ0) is 13.2. The lowest BCUT2D eigenvalue weighted by Gasteiger charge is -2.19. The molecule has 0 aliphatic rings. The molecule has 0 spiro atoms. The zero-order valence-electron chi connectivity index (χ0n) is 11.4. The Hall–Kier alpha value is -0.570. The minimum atomic E-state index is 0.0514. The number of ether oxygens (including phenoxy) is 1. The molecule has 0 aliphatic heterocycles. The highest BCUT2D eigenvalue weighted by atomic mass is 35.5. The van der Waals surface area contributed by atoms with Crippen molar-refractivity contribution in [2.45, 2.75) is 39.2 Å². The van der Waals surface area contributed by atoms with Crippen LogP contribution in [0.15, 0.2) is 24.3 Å². The van der Waals surface area contributed by atoms with E-state index in [1.165, 1.54) is 12.8 Å². The van der Waals surface area contributed by atoms with Crippen LogP contribution in [0.3, 0.4) is 0 Å². The summed E-state index contributed by atoms with van der Waals surface area (Å²) in [4.78, 5) is 0. The van der Waals surface area contributed by atoms with Gasteiger partial charge in [0.15, 0.2) is 0 Å². The van der Waals surface area contributed by atoms with Crippen LogP contribution in [-0.4, -0.2) is 19.7 Å². The van der Waals surface area contributed by atoms with Crippen molar-refractivity contribution < 1.29 is 4.74 Å². The normalized spacial score (nSPS) is 12.6. The van der Waals surface area contributed by atoms with Crippen molar-refractivity contribution in [3.05, 3.63) is 34.9 Å². The highest BCUT2D eigenvalue weighted by Gasteiger charge is 2.14. The molecule has 0 bridgehead atoms. The second-order valence-electron chi connectivity index (χ2n) is 4.40. The Kier molecular flexibility index (Phi) is 8.06. The quantitative estimate of drug-likeness (QED) is 0.679. The van der Waals surface area contributed by atoms with E-state index in [0.717, 1.165) is 36.7 Å². The molecule has 1 N–H and O–H groups in total. The maximum absolute atomic E-state index is 6.23. The third-order valence-corrected chi connectivity index (χ3v) is 3.24. The zero-order valence-corrected chi connectivity index (χ0v) is 12.2. The molecular formula is C15H24ClNO. The van der Waals surface area contributed by atoms with Crippen LogP contribution < -0.4 is 5.32 Å². The molecule has 3 heteroatoms. The maximum Gasteiger partial charge on any atom is 0.0963 e. The van der Waals surface area contributed by atoms with Crippen LogP contribution in [0.25, 0.3) is 0 Å². The van der Waals surface area contributed by atoms with Crippen molar-refractivity contribution in [3.63, 3.8) is 0 Å². The molecule has 1 unspecified atom stereocenters. The highest BCUT2D eigenvalue weighted by molar-refractivity contribution is 6.31. The van der Waals surface area contributed by atoms with Gasteiger partial charge in [-0.25, -0.2) is 0 Å². The summed E-state index contributed by atoms with van der Waals surface area (Å²) in [5.41, 5.74) is 1.08. The molecular weight excluding hydrogens is 246 g/mol. The van der Waals surface area contributed by atoms with Crippen molar-refractivity contribution in [2.75, 3.05) is 19.7 Å². The number of likely N-dealkylation sites (N-methyl/N-ethyl adjacent to an activating group) is 1. The molecule has 2 nitrogen and oxygen atoms in total. The summed E-state index contributed by atoms with van der Waals surface area (Å²) in [6, 6.07) is 7.93. The molecule has 0 radical (unpaired) electrons. The first-order valence-corrected chi connectivity index (χ1v) is 7.24. The minimum Gasteiger partial charge on any atom is -0.372 e. The van der Waals surface area contributed by atoms with Gasteiger partial charge >= 0.3 is 0 Å². The summed E-state index contributed by atoms with van der Waals surface area (Å²) >= 11 is 6.23. The molecule has 1 aromatic carbocycles. The van der Waals surface area contributed by atoms with Crippen LogP contribution >= 0.6 is 11.6 Å². The monoisotopic (exact) mass is 269 g/mol. The van der Waals surface area contributed by atoms with Crippen molar-refractivity contribution in [2.24, 2.45) is 0 Å². The number of benzene rings is 1. The Labute approximate surface area is 116 Å². The van der Waals surface area contributed by atoms with Gasteiger partial charge in [0, 0.05) is 23.7 Å². The predicted molar refractivity (Wildman–Crippen MR) is 78.2 cm³/mol. The summed E-state index contributed by atoms with van der Waals surface area (Å²) in [6.07, 6.45) is 3.60. The lowest BCUT2D eigenvalue weighted by atomic mass is 10.1. The summed E-state index contributed by atoms with van der Waals surface area (Å²) in [6.45, 7) is 6.85. The van der Waals surface area contributed by atoms with E-state index >= 15 is 0 Å². The van der Waals surface area contributed by atoms with Gasteiger partial charge in [-0.05, 0) is 19.0 Å². The van der Waals surface area contributed by atoms with E-state index in [0.29, 0.717) is 0 Å². The smallest absolute Gasteiger partial charge is 0.0963 e. The molecule has 1 aromatic rings. The average molecular weight is 270 g/mol. The van der Waals surface area contributed by atoms with Gasteiger partial charge in [0.2, 0.25) is 0 Å². The van der Waals surface area contributed by atoms with Gasteiger partial charge in [0.25, 0.3) is 0 Å². The summed E-state index contributed by atoms with van der Waals surface area (Å²) in [5.74, 6) is 0. The van der Waals surface area contributed by atoms with E-state index < -0.39 is 0 Å². The molecule has 0 aliphatic carbocycles. The average Bonchev–Trinajstić information content (AvgIpc) is 2.39. The van der Waals surface area contributed by atoms with Crippen molar-refractivity contribution in [1.82, 2.24) is 5.32 Å². The molecule has 102 valence electrons. The van der Waals surface area contributed by atoms with Crippen LogP contribution in [-0.2, 0) is 4.74 Å². The molecule has 0 fully saturated rings. The lowest BCUT2D eigenvalue weighted by Crippen LogP contribution is -2.23. The van der Waals surface area contributed by atoms with Crippen LogP contribution in [0, 0.1) is 0 Å². The first-order valence-electron chi connectivity index (χ1n) is 6.86. The van der Waals surface area contributed by atoms with E-state index in [4.69, 9.17) is 16.3 Å². The fraction of sp³-hybridized carbons (Fsp3) is 0.600. The van der Waals surface area contributed by atoms with Crippen molar-refractivity contribution in [1.29, 1.82) is 0 Å². The third-order valence-electron chi connectivity index (χ3n) is 2.90. The first kappa shape index (κ1) is 15.5. The lowest BCUT2D eigenvalue weighted by molar-refractivity contribution is 0.0504. The number of unbranched alkanes of at least 4 members (excludes halogenated alkanes) is 2. The highest BCUT2D eigenvalue weighted by Crippen LogP contribution is 2.25. The Bertz CT molecular complexity index is 330. The molecule has 0 aromatic heterocycles. The van der Waals surface area contributed by atoms with Gasteiger partial charge in [-0.2, -0.15) is 0 Å². The van der Waals surface area contributed by atoms with Gasteiger partial charge in [-0.3, -0.25) is 0 Å². The Morgan fingerprint density at radius 3 is 2.67 bits per heavy atom. The number of hydrogen-bond donors (Lipinski definition) is 1. The van der Waals surface area contributed by atoms with Crippen LogP contribution in [0.4, 0.5) is 0 Å². The van der Waals surface area contributed by atoms with Crippen LogP contribution in [0.5, 0.6) is 0 Å². The summed E-state index contributed by atoms with van der Waals surface area (Å²) < 4.78 is 5.97. The van der Waals surface area contributed by atoms with Gasteiger partial charge in [-0.1, -0.05) is 56.5 Å². The Balaban J connectivity index is 2.57. The van der Waals surface area contributed by atoms with Gasteiger partial charge < -0.3 is 10.1 Å². The van der Waals surface area contributed by atoms with Crippen LogP contribution in [0.1, 0.15) is 44.8 Å². The number of rotatable bonds is 9. The van der Waals surface area contributed by atoms with E-state index in [-0.39, 0.29) is 6.10 Å². The SMILES string of the molecule is CCCCCOC(CNCC)c1ccccc1Cl. The maximum atomic E-state index is 6.23. The van der Waals surface area contributed by atoms with Gasteiger partial charge in [0.05, 0.1) is 6.10 Å².